The highest BCUT2D eigenvalue weighted by molar-refractivity contribution is 5.55. The molecule has 1 N–H and O–H groups in total. The fraction of sp³-hybridized carbons (Fsp3) is 0.625. The molecule has 0 saturated heterocycles. The second-order valence-corrected chi connectivity index (χ2v) is 5.64. The van der Waals surface area contributed by atoms with Gasteiger partial charge >= 0.3 is 0 Å². The van der Waals surface area contributed by atoms with Crippen LogP contribution in [0.15, 0.2) is 18.2 Å². The molecule has 0 unspecified atom stereocenters. The summed E-state index contributed by atoms with van der Waals surface area (Å²) in [6.45, 7) is 1.69. The summed E-state index contributed by atoms with van der Waals surface area (Å²) in [7, 11) is 2.06. The molecule has 1 fully saturated rings. The molecule has 0 spiro atoms. The normalized spacial score (nSPS) is 18.9. The molecular weight excluding hydrogens is 241 g/mol. The van der Waals surface area contributed by atoms with E-state index in [0.29, 0.717) is 11.6 Å². The molecule has 1 aromatic rings. The van der Waals surface area contributed by atoms with Gasteiger partial charge in [-0.2, -0.15) is 0 Å². The zero-order chi connectivity index (χ0) is 13.8. The maximum atomic E-state index is 13.3. The molecule has 0 amide bonds. The topological polar surface area (TPSA) is 23.5 Å². The van der Waals surface area contributed by atoms with Gasteiger partial charge in [-0.05, 0) is 38.0 Å². The van der Waals surface area contributed by atoms with Crippen molar-refractivity contribution >= 4 is 5.69 Å². The lowest BCUT2D eigenvalue weighted by molar-refractivity contribution is 0.199. The van der Waals surface area contributed by atoms with E-state index in [0.717, 1.165) is 5.69 Å². The van der Waals surface area contributed by atoms with Gasteiger partial charge in [0.25, 0.3) is 0 Å². The highest BCUT2D eigenvalue weighted by atomic mass is 19.1. The van der Waals surface area contributed by atoms with Gasteiger partial charge in [0.1, 0.15) is 5.82 Å². The second-order valence-electron chi connectivity index (χ2n) is 5.64. The average molecular weight is 265 g/mol. The van der Waals surface area contributed by atoms with Crippen molar-refractivity contribution in [1.29, 1.82) is 0 Å². The van der Waals surface area contributed by atoms with Crippen molar-refractivity contribution < 1.29 is 9.50 Å². The highest BCUT2D eigenvalue weighted by Gasteiger charge is 2.20. The van der Waals surface area contributed by atoms with Gasteiger partial charge < -0.3 is 10.0 Å². The molecule has 1 atom stereocenters. The minimum Gasteiger partial charge on any atom is -0.389 e. The van der Waals surface area contributed by atoms with Crippen molar-refractivity contribution in [2.45, 2.75) is 57.6 Å². The number of benzene rings is 1. The van der Waals surface area contributed by atoms with Gasteiger partial charge in [0.15, 0.2) is 0 Å². The number of aliphatic hydroxyl groups is 1. The molecule has 2 rings (SSSR count). The Kier molecular flexibility index (Phi) is 4.81. The Hall–Kier alpha value is -1.09. The van der Waals surface area contributed by atoms with Gasteiger partial charge in [0.05, 0.1) is 6.10 Å². The first-order valence-electron chi connectivity index (χ1n) is 7.30. The van der Waals surface area contributed by atoms with E-state index in [9.17, 15) is 9.50 Å². The molecule has 1 aromatic carbocycles. The highest BCUT2D eigenvalue weighted by Crippen LogP contribution is 2.31. The van der Waals surface area contributed by atoms with Gasteiger partial charge in [-0.3, -0.25) is 0 Å². The van der Waals surface area contributed by atoms with E-state index in [1.54, 1.807) is 13.0 Å². The lowest BCUT2D eigenvalue weighted by Crippen LogP contribution is -2.32. The van der Waals surface area contributed by atoms with Crippen molar-refractivity contribution in [2.75, 3.05) is 11.9 Å². The Morgan fingerprint density at radius 2 is 1.84 bits per heavy atom. The van der Waals surface area contributed by atoms with Crippen LogP contribution < -0.4 is 4.90 Å². The van der Waals surface area contributed by atoms with Crippen molar-refractivity contribution in [1.82, 2.24) is 0 Å². The van der Waals surface area contributed by atoms with Crippen LogP contribution in [0.5, 0.6) is 0 Å². The third kappa shape index (κ3) is 3.47. The molecule has 3 heteroatoms. The number of aliphatic hydroxyl groups excluding tert-OH is 1. The van der Waals surface area contributed by atoms with Crippen LogP contribution >= 0.6 is 0 Å². The molecule has 0 heterocycles. The number of anilines is 1. The van der Waals surface area contributed by atoms with Crippen LogP contribution in [0.25, 0.3) is 0 Å². The Morgan fingerprint density at radius 1 is 1.21 bits per heavy atom. The second kappa shape index (κ2) is 6.38. The fourth-order valence-electron chi connectivity index (χ4n) is 3.02. The first kappa shape index (κ1) is 14.3. The number of halogens is 1. The minimum atomic E-state index is -0.640. The van der Waals surface area contributed by atoms with Crippen LogP contribution in [0.1, 0.15) is 57.1 Å². The summed E-state index contributed by atoms with van der Waals surface area (Å²) in [5, 5.41) is 9.84. The Morgan fingerprint density at radius 3 is 2.42 bits per heavy atom. The third-order valence-corrected chi connectivity index (χ3v) is 4.19. The molecule has 0 aliphatic heterocycles. The zero-order valence-electron chi connectivity index (χ0n) is 11.9. The standard InChI is InChI=1S/C16H24FNO/c1-12(19)15-11-13(17)9-10-16(15)18(2)14-7-5-3-4-6-8-14/h9-12,14,19H,3-8H2,1-2H3/t12-/m1/s1. The SMILES string of the molecule is C[C@@H](O)c1cc(F)ccc1N(C)C1CCCCCC1. The van der Waals surface area contributed by atoms with Gasteiger partial charge in [-0.1, -0.05) is 25.7 Å². The molecular formula is C16H24FNO. The van der Waals surface area contributed by atoms with E-state index < -0.39 is 6.10 Å². The summed E-state index contributed by atoms with van der Waals surface area (Å²) in [6.07, 6.45) is 6.90. The van der Waals surface area contributed by atoms with Crippen LogP contribution in [0.4, 0.5) is 10.1 Å². The van der Waals surface area contributed by atoms with Crippen LogP contribution in [0.3, 0.4) is 0 Å². The molecule has 2 nitrogen and oxygen atoms in total. The maximum Gasteiger partial charge on any atom is 0.123 e. The van der Waals surface area contributed by atoms with Crippen molar-refractivity contribution in [3.63, 3.8) is 0 Å². The van der Waals surface area contributed by atoms with Crippen LogP contribution in [0.2, 0.25) is 0 Å². The van der Waals surface area contributed by atoms with Crippen molar-refractivity contribution in [2.24, 2.45) is 0 Å². The van der Waals surface area contributed by atoms with E-state index in [1.807, 2.05) is 0 Å². The van der Waals surface area contributed by atoms with E-state index in [2.05, 4.69) is 11.9 Å². The quantitative estimate of drug-likeness (QED) is 0.834. The number of rotatable bonds is 3. The fourth-order valence-corrected chi connectivity index (χ4v) is 3.02. The number of nitrogens with zero attached hydrogens (tertiary/aromatic N) is 1. The van der Waals surface area contributed by atoms with E-state index in [4.69, 9.17) is 0 Å². The summed E-state index contributed by atoms with van der Waals surface area (Å²) in [6, 6.07) is 5.23. The third-order valence-electron chi connectivity index (χ3n) is 4.19. The van der Waals surface area contributed by atoms with E-state index >= 15 is 0 Å². The average Bonchev–Trinajstić information content (AvgIpc) is 2.66. The monoisotopic (exact) mass is 265 g/mol. The summed E-state index contributed by atoms with van der Waals surface area (Å²) in [5.74, 6) is -0.283. The molecule has 1 aliphatic rings. The number of hydrogen-bond acceptors (Lipinski definition) is 2. The predicted octanol–water partition coefficient (Wildman–Crippen LogP) is 4.04. The summed E-state index contributed by atoms with van der Waals surface area (Å²) < 4.78 is 13.3. The Bertz CT molecular complexity index is 411. The largest absolute Gasteiger partial charge is 0.389 e. The molecule has 0 radical (unpaired) electrons. The van der Waals surface area contributed by atoms with Gasteiger partial charge in [0.2, 0.25) is 0 Å². The lowest BCUT2D eigenvalue weighted by Gasteiger charge is -2.31. The first-order chi connectivity index (χ1) is 9.09. The molecule has 0 aromatic heterocycles. The van der Waals surface area contributed by atoms with Gasteiger partial charge in [-0.15, -0.1) is 0 Å². The van der Waals surface area contributed by atoms with Crippen molar-refractivity contribution in [3.8, 4) is 0 Å². The number of hydrogen-bond donors (Lipinski definition) is 1. The molecule has 106 valence electrons. The van der Waals surface area contributed by atoms with E-state index in [1.165, 1.54) is 50.7 Å². The zero-order valence-corrected chi connectivity index (χ0v) is 11.9. The summed E-state index contributed by atoms with van der Waals surface area (Å²) in [4.78, 5) is 2.23. The molecule has 1 saturated carbocycles. The lowest BCUT2D eigenvalue weighted by atomic mass is 10.0. The van der Waals surface area contributed by atoms with Gasteiger partial charge in [-0.25, -0.2) is 4.39 Å². The first-order valence-corrected chi connectivity index (χ1v) is 7.30. The smallest absolute Gasteiger partial charge is 0.123 e. The molecule has 0 bridgehead atoms. The van der Waals surface area contributed by atoms with Gasteiger partial charge in [0, 0.05) is 24.3 Å². The molecule has 1 aliphatic carbocycles. The Balaban J connectivity index is 2.24. The van der Waals surface area contributed by atoms with E-state index in [-0.39, 0.29) is 5.82 Å². The summed E-state index contributed by atoms with van der Waals surface area (Å²) in [5.41, 5.74) is 1.65. The molecule has 19 heavy (non-hydrogen) atoms. The minimum absolute atomic E-state index is 0.283. The Labute approximate surface area is 115 Å². The maximum absolute atomic E-state index is 13.3. The van der Waals surface area contributed by atoms with Crippen LogP contribution in [-0.4, -0.2) is 18.2 Å². The predicted molar refractivity (Wildman–Crippen MR) is 76.9 cm³/mol. The van der Waals surface area contributed by atoms with Crippen molar-refractivity contribution in [3.05, 3.63) is 29.6 Å². The van der Waals surface area contributed by atoms with Crippen LogP contribution in [0, 0.1) is 5.82 Å². The summed E-state index contributed by atoms with van der Waals surface area (Å²) >= 11 is 0. The van der Waals surface area contributed by atoms with Crippen LogP contribution in [-0.2, 0) is 0 Å².